The van der Waals surface area contributed by atoms with Crippen LogP contribution < -0.4 is 9.47 Å². The quantitative estimate of drug-likeness (QED) is 0.761. The highest BCUT2D eigenvalue weighted by molar-refractivity contribution is 7.17. The maximum atomic E-state index is 13.4. The second kappa shape index (κ2) is 3.46. The number of methoxy groups -OCH3 is 2. The lowest BCUT2D eigenvalue weighted by Crippen LogP contribution is -1.90. The zero-order valence-electron chi connectivity index (χ0n) is 7.83. The van der Waals surface area contributed by atoms with Gasteiger partial charge in [-0.15, -0.1) is 11.3 Å². The van der Waals surface area contributed by atoms with E-state index in [2.05, 4.69) is 0 Å². The number of ether oxygens (including phenoxy) is 2. The molecule has 0 N–H and O–H groups in total. The zero-order chi connectivity index (χ0) is 10.1. The molecule has 0 aliphatic carbocycles. The van der Waals surface area contributed by atoms with Crippen LogP contribution >= 0.6 is 11.3 Å². The van der Waals surface area contributed by atoms with Crippen molar-refractivity contribution in [2.75, 3.05) is 14.2 Å². The molecule has 74 valence electrons. The highest BCUT2D eigenvalue weighted by atomic mass is 32.1. The van der Waals surface area contributed by atoms with Crippen LogP contribution in [0.25, 0.3) is 10.1 Å². The van der Waals surface area contributed by atoms with E-state index in [0.29, 0.717) is 16.9 Å². The van der Waals surface area contributed by atoms with Gasteiger partial charge in [0.05, 0.1) is 19.6 Å². The predicted molar refractivity (Wildman–Crippen MR) is 54.9 cm³/mol. The molecule has 1 aromatic heterocycles. The van der Waals surface area contributed by atoms with E-state index in [4.69, 9.17) is 9.47 Å². The second-order valence-electron chi connectivity index (χ2n) is 2.76. The topological polar surface area (TPSA) is 18.5 Å². The third-order valence-corrected chi connectivity index (χ3v) is 2.95. The third kappa shape index (κ3) is 1.23. The molecule has 0 saturated carbocycles. The lowest BCUT2D eigenvalue weighted by atomic mass is 10.2. The van der Waals surface area contributed by atoms with Gasteiger partial charge in [-0.2, -0.15) is 0 Å². The Hall–Kier alpha value is -1.29. The van der Waals surface area contributed by atoms with Crippen molar-refractivity contribution < 1.29 is 13.9 Å². The number of benzene rings is 1. The highest BCUT2D eigenvalue weighted by Crippen LogP contribution is 2.39. The van der Waals surface area contributed by atoms with Crippen LogP contribution in [0.1, 0.15) is 0 Å². The second-order valence-corrected chi connectivity index (χ2v) is 3.67. The number of hydrogen-bond acceptors (Lipinski definition) is 3. The molecule has 0 spiro atoms. The van der Waals surface area contributed by atoms with Crippen LogP contribution in [0, 0.1) is 5.82 Å². The summed E-state index contributed by atoms with van der Waals surface area (Å²) in [6.45, 7) is 0. The molecular weight excluding hydrogens is 203 g/mol. The van der Waals surface area contributed by atoms with Crippen molar-refractivity contribution >= 4 is 21.4 Å². The minimum atomic E-state index is -0.263. The van der Waals surface area contributed by atoms with E-state index in [1.165, 1.54) is 30.9 Å². The van der Waals surface area contributed by atoms with E-state index < -0.39 is 0 Å². The van der Waals surface area contributed by atoms with Gasteiger partial charge < -0.3 is 9.47 Å². The molecule has 0 saturated heterocycles. The first kappa shape index (κ1) is 9.27. The molecule has 2 rings (SSSR count). The van der Waals surface area contributed by atoms with Gasteiger partial charge in [-0.25, -0.2) is 4.39 Å². The van der Waals surface area contributed by atoms with Gasteiger partial charge in [0.15, 0.2) is 11.5 Å². The van der Waals surface area contributed by atoms with E-state index >= 15 is 0 Å². The molecule has 1 heterocycles. The third-order valence-electron chi connectivity index (χ3n) is 2.04. The molecule has 0 aliphatic heterocycles. The monoisotopic (exact) mass is 212 g/mol. The van der Waals surface area contributed by atoms with Crippen molar-refractivity contribution in [3.63, 3.8) is 0 Å². The number of rotatable bonds is 2. The van der Waals surface area contributed by atoms with Crippen molar-refractivity contribution in [2.45, 2.75) is 0 Å². The lowest BCUT2D eigenvalue weighted by molar-refractivity contribution is 0.358. The SMILES string of the molecule is COc1ccc2scc(F)c2c1OC. The molecule has 0 radical (unpaired) electrons. The molecule has 0 fully saturated rings. The average molecular weight is 212 g/mol. The summed E-state index contributed by atoms with van der Waals surface area (Å²) in [5.41, 5.74) is 0. The van der Waals surface area contributed by atoms with Crippen LogP contribution in [0.3, 0.4) is 0 Å². The molecule has 2 nitrogen and oxygen atoms in total. The summed E-state index contributed by atoms with van der Waals surface area (Å²) < 4.78 is 24.5. The molecule has 2 aromatic rings. The Labute approximate surface area is 84.9 Å². The first-order chi connectivity index (χ1) is 6.77. The number of fused-ring (bicyclic) bond motifs is 1. The summed E-state index contributed by atoms with van der Waals surface area (Å²) in [5, 5.41) is 1.96. The molecule has 0 bridgehead atoms. The highest BCUT2D eigenvalue weighted by Gasteiger charge is 2.13. The summed E-state index contributed by atoms with van der Waals surface area (Å²) in [4.78, 5) is 0. The molecule has 0 unspecified atom stereocenters. The van der Waals surface area contributed by atoms with Crippen molar-refractivity contribution in [1.82, 2.24) is 0 Å². The Kier molecular flexibility index (Phi) is 2.29. The van der Waals surface area contributed by atoms with E-state index in [1.54, 1.807) is 6.07 Å². The molecule has 0 aliphatic rings. The first-order valence-corrected chi connectivity index (χ1v) is 4.93. The van der Waals surface area contributed by atoms with Crippen LogP contribution in [-0.4, -0.2) is 14.2 Å². The van der Waals surface area contributed by atoms with E-state index in [9.17, 15) is 4.39 Å². The van der Waals surface area contributed by atoms with Gasteiger partial charge in [0.25, 0.3) is 0 Å². The van der Waals surface area contributed by atoms with Crippen molar-refractivity contribution in [2.24, 2.45) is 0 Å². The van der Waals surface area contributed by atoms with Gasteiger partial charge in [0.1, 0.15) is 5.82 Å². The maximum Gasteiger partial charge on any atom is 0.172 e. The Morgan fingerprint density at radius 3 is 2.64 bits per heavy atom. The van der Waals surface area contributed by atoms with Gasteiger partial charge in [0, 0.05) is 10.1 Å². The van der Waals surface area contributed by atoms with Crippen LogP contribution in [0.4, 0.5) is 4.39 Å². The Bertz CT molecular complexity index is 464. The fraction of sp³-hybridized carbons (Fsp3) is 0.200. The van der Waals surface area contributed by atoms with Crippen molar-refractivity contribution in [3.05, 3.63) is 23.3 Å². The number of hydrogen-bond donors (Lipinski definition) is 0. The van der Waals surface area contributed by atoms with Crippen LogP contribution in [-0.2, 0) is 0 Å². The summed E-state index contributed by atoms with van der Waals surface area (Å²) in [6.07, 6.45) is 0. The first-order valence-electron chi connectivity index (χ1n) is 4.05. The van der Waals surface area contributed by atoms with Crippen LogP contribution in [0.15, 0.2) is 17.5 Å². The summed E-state index contributed by atoms with van der Waals surface area (Å²) in [6, 6.07) is 3.60. The van der Waals surface area contributed by atoms with E-state index in [1.807, 2.05) is 6.07 Å². The predicted octanol–water partition coefficient (Wildman–Crippen LogP) is 3.06. The van der Waals surface area contributed by atoms with Crippen molar-refractivity contribution in [1.29, 1.82) is 0 Å². The average Bonchev–Trinajstić information content (AvgIpc) is 2.59. The Balaban J connectivity index is 2.81. The van der Waals surface area contributed by atoms with Crippen LogP contribution in [0.2, 0.25) is 0 Å². The van der Waals surface area contributed by atoms with Crippen LogP contribution in [0.5, 0.6) is 11.5 Å². The minimum absolute atomic E-state index is 0.263. The summed E-state index contributed by atoms with van der Waals surface area (Å²) in [5.74, 6) is 0.752. The zero-order valence-corrected chi connectivity index (χ0v) is 8.65. The summed E-state index contributed by atoms with van der Waals surface area (Å²) >= 11 is 1.35. The van der Waals surface area contributed by atoms with Gasteiger partial charge in [-0.05, 0) is 12.1 Å². The van der Waals surface area contributed by atoms with E-state index in [-0.39, 0.29) is 5.82 Å². The fourth-order valence-corrected chi connectivity index (χ4v) is 2.21. The normalized spacial score (nSPS) is 10.5. The molecule has 14 heavy (non-hydrogen) atoms. The van der Waals surface area contributed by atoms with Crippen molar-refractivity contribution in [3.8, 4) is 11.5 Å². The molecule has 4 heteroatoms. The van der Waals surface area contributed by atoms with Gasteiger partial charge in [-0.3, -0.25) is 0 Å². The fourth-order valence-electron chi connectivity index (χ4n) is 1.41. The number of thiophene rings is 1. The maximum absolute atomic E-state index is 13.4. The van der Waals surface area contributed by atoms with E-state index in [0.717, 1.165) is 4.70 Å². The lowest BCUT2D eigenvalue weighted by Gasteiger charge is -2.07. The number of halogens is 1. The molecule has 1 aromatic carbocycles. The molecular formula is C10H9FO2S. The van der Waals surface area contributed by atoms with Gasteiger partial charge in [-0.1, -0.05) is 0 Å². The van der Waals surface area contributed by atoms with Gasteiger partial charge >= 0.3 is 0 Å². The Morgan fingerprint density at radius 2 is 2.00 bits per heavy atom. The Morgan fingerprint density at radius 1 is 1.21 bits per heavy atom. The van der Waals surface area contributed by atoms with Gasteiger partial charge in [0.2, 0.25) is 0 Å². The molecule has 0 atom stereocenters. The minimum Gasteiger partial charge on any atom is -0.493 e. The molecule has 0 amide bonds. The largest absolute Gasteiger partial charge is 0.493 e. The smallest absolute Gasteiger partial charge is 0.172 e. The summed E-state index contributed by atoms with van der Waals surface area (Å²) in [7, 11) is 3.04. The standard InChI is InChI=1S/C10H9FO2S/c1-12-7-3-4-8-9(10(7)13-2)6(11)5-14-8/h3-5H,1-2H3.